The highest BCUT2D eigenvalue weighted by Crippen LogP contribution is 2.44. The smallest absolute Gasteiger partial charge is 0.238 e. The summed E-state index contributed by atoms with van der Waals surface area (Å²) < 4.78 is 0. The van der Waals surface area contributed by atoms with Gasteiger partial charge in [-0.1, -0.05) is 201 Å². The monoisotopic (exact) mass is 798 g/mol. The van der Waals surface area contributed by atoms with E-state index in [1.165, 1.54) is 0 Å². The van der Waals surface area contributed by atoms with Crippen LogP contribution in [0.3, 0.4) is 0 Å². The Kier molecular flexibility index (Phi) is 13.7. The first-order valence-corrected chi connectivity index (χ1v) is 21.5. The average Bonchev–Trinajstić information content (AvgIpc) is 3.28. The molecule has 1 fully saturated rings. The minimum Gasteiger partial charge on any atom is -0.387 e. The Hall–Kier alpha value is -5.82. The zero-order valence-electron chi connectivity index (χ0n) is 34.5. The number of rotatable bonds is 18. The van der Waals surface area contributed by atoms with Gasteiger partial charge in [-0.2, -0.15) is 0 Å². The van der Waals surface area contributed by atoms with Crippen LogP contribution in [-0.2, 0) is 48.1 Å². The van der Waals surface area contributed by atoms with E-state index in [1.54, 1.807) is 4.90 Å². The molecule has 1 aliphatic carbocycles. The third kappa shape index (κ3) is 10.1. The van der Waals surface area contributed by atoms with Crippen molar-refractivity contribution in [2.24, 2.45) is 11.1 Å². The molecule has 2 atom stereocenters. The molecule has 6 heteroatoms. The number of hydrogen-bond acceptors (Lipinski definition) is 4. The predicted octanol–water partition coefficient (Wildman–Crippen LogP) is 8.91. The van der Waals surface area contributed by atoms with Gasteiger partial charge in [0.1, 0.15) is 5.41 Å². The maximum atomic E-state index is 16.4. The summed E-state index contributed by atoms with van der Waals surface area (Å²) in [4.78, 5) is 32.3. The van der Waals surface area contributed by atoms with Crippen molar-refractivity contribution in [3.05, 3.63) is 215 Å². The molecule has 0 spiro atoms. The lowest BCUT2D eigenvalue weighted by atomic mass is 9.69. The minimum atomic E-state index is -1.60. The molecule has 1 saturated carbocycles. The Labute approximate surface area is 355 Å². The van der Waals surface area contributed by atoms with Gasteiger partial charge in [0.25, 0.3) is 0 Å². The van der Waals surface area contributed by atoms with Crippen LogP contribution < -0.4 is 5.73 Å². The number of benzene rings is 6. The Morgan fingerprint density at radius 3 is 1.00 bits per heavy atom. The molecule has 60 heavy (non-hydrogen) atoms. The van der Waals surface area contributed by atoms with E-state index in [1.807, 2.05) is 182 Å². The normalized spacial score (nSPS) is 15.1. The third-order valence-electron chi connectivity index (χ3n) is 12.7. The quantitative estimate of drug-likeness (QED) is 0.0756. The molecule has 7 rings (SSSR count). The second-order valence-corrected chi connectivity index (χ2v) is 17.0. The van der Waals surface area contributed by atoms with Gasteiger partial charge in [-0.25, -0.2) is 0 Å². The largest absolute Gasteiger partial charge is 0.387 e. The lowest BCUT2D eigenvalue weighted by Crippen LogP contribution is -2.70. The van der Waals surface area contributed by atoms with Gasteiger partial charge in [0, 0.05) is 25.7 Å². The van der Waals surface area contributed by atoms with Crippen LogP contribution in [0.1, 0.15) is 65.5 Å². The molecule has 2 unspecified atom stereocenters. The van der Waals surface area contributed by atoms with Crippen LogP contribution in [-0.4, -0.2) is 50.2 Å². The summed E-state index contributed by atoms with van der Waals surface area (Å²) in [5.74, 6) is -1.07. The van der Waals surface area contributed by atoms with Gasteiger partial charge in [-0.3, -0.25) is 9.59 Å². The summed E-state index contributed by atoms with van der Waals surface area (Å²) in [7, 11) is 0. The van der Waals surface area contributed by atoms with Gasteiger partial charge in [0.05, 0.1) is 23.3 Å². The predicted molar refractivity (Wildman–Crippen MR) is 240 cm³/mol. The molecule has 6 nitrogen and oxygen atoms in total. The maximum absolute atomic E-state index is 16.4. The van der Waals surface area contributed by atoms with Crippen molar-refractivity contribution in [3.63, 3.8) is 0 Å². The Balaban J connectivity index is 1.53. The molecule has 0 aliphatic heterocycles. The molecular formula is C54H58N2O4. The van der Waals surface area contributed by atoms with Crippen molar-refractivity contribution in [1.29, 1.82) is 0 Å². The maximum Gasteiger partial charge on any atom is 0.238 e. The van der Waals surface area contributed by atoms with E-state index < -0.39 is 40.5 Å². The molecule has 308 valence electrons. The zero-order chi connectivity index (χ0) is 41.8. The van der Waals surface area contributed by atoms with E-state index in [-0.39, 0.29) is 38.5 Å². The summed E-state index contributed by atoms with van der Waals surface area (Å²) in [5, 5.41) is 27.9. The number of nitrogens with two attached hydrogens (primary N) is 1. The van der Waals surface area contributed by atoms with Gasteiger partial charge in [-0.15, -0.1) is 0 Å². The van der Waals surface area contributed by atoms with E-state index in [0.717, 1.165) is 39.8 Å². The fourth-order valence-corrected chi connectivity index (χ4v) is 9.63. The lowest BCUT2D eigenvalue weighted by molar-refractivity contribution is -0.172. The van der Waals surface area contributed by atoms with Gasteiger partial charge in [0.15, 0.2) is 0 Å². The van der Waals surface area contributed by atoms with Crippen LogP contribution in [0, 0.1) is 5.41 Å². The number of carbonyl (C=O) groups excluding carboxylic acids is 2. The summed E-state index contributed by atoms with van der Waals surface area (Å²) >= 11 is 0. The summed E-state index contributed by atoms with van der Waals surface area (Å²) in [5.41, 5.74) is 7.20. The van der Waals surface area contributed by atoms with E-state index in [0.29, 0.717) is 25.7 Å². The first-order chi connectivity index (χ1) is 29.2. The fourth-order valence-electron chi connectivity index (χ4n) is 9.63. The van der Waals surface area contributed by atoms with Crippen LogP contribution >= 0.6 is 0 Å². The molecule has 0 saturated heterocycles. The van der Waals surface area contributed by atoms with Crippen molar-refractivity contribution in [2.45, 2.75) is 93.9 Å². The number of carbonyl (C=O) groups is 2. The van der Waals surface area contributed by atoms with Crippen molar-refractivity contribution >= 4 is 11.8 Å². The van der Waals surface area contributed by atoms with E-state index in [4.69, 9.17) is 5.73 Å². The van der Waals surface area contributed by atoms with Crippen LogP contribution in [0.25, 0.3) is 0 Å². The molecule has 0 radical (unpaired) electrons. The number of amides is 2. The number of nitrogens with zero attached hydrogens (tertiary/aromatic N) is 1. The van der Waals surface area contributed by atoms with E-state index in [9.17, 15) is 15.0 Å². The third-order valence-corrected chi connectivity index (χ3v) is 12.7. The zero-order valence-corrected chi connectivity index (χ0v) is 34.5. The first kappa shape index (κ1) is 42.3. The molecule has 4 N–H and O–H groups in total. The van der Waals surface area contributed by atoms with E-state index in [2.05, 4.69) is 0 Å². The highest BCUT2D eigenvalue weighted by atomic mass is 16.3. The van der Waals surface area contributed by atoms with Crippen molar-refractivity contribution < 1.29 is 19.8 Å². The average molecular weight is 799 g/mol. The highest BCUT2D eigenvalue weighted by molar-refractivity contribution is 6.04. The van der Waals surface area contributed by atoms with Crippen LogP contribution in [0.2, 0.25) is 0 Å². The molecule has 1 aliphatic rings. The van der Waals surface area contributed by atoms with Crippen molar-refractivity contribution in [1.82, 2.24) is 4.90 Å². The Morgan fingerprint density at radius 2 is 0.733 bits per heavy atom. The van der Waals surface area contributed by atoms with Crippen molar-refractivity contribution in [3.8, 4) is 0 Å². The lowest BCUT2D eigenvalue weighted by Gasteiger charge is -2.53. The van der Waals surface area contributed by atoms with Gasteiger partial charge in [0.2, 0.25) is 11.8 Å². The molecule has 0 heterocycles. The van der Waals surface area contributed by atoms with E-state index >= 15 is 4.79 Å². The van der Waals surface area contributed by atoms with Crippen molar-refractivity contribution in [2.75, 3.05) is 0 Å². The van der Waals surface area contributed by atoms with Crippen LogP contribution in [0.4, 0.5) is 0 Å². The van der Waals surface area contributed by atoms with Gasteiger partial charge < -0.3 is 20.8 Å². The molecule has 2 amide bonds. The SMILES string of the molecule is NC(=O)C1(C(=O)N(C(Cc2ccccc2)C(O)(Cc2ccccc2)Cc2ccccc2)C(Cc2ccccc2)C(O)(Cc2ccccc2)Cc2ccccc2)CCCCC1. The van der Waals surface area contributed by atoms with Crippen LogP contribution in [0.15, 0.2) is 182 Å². The second-order valence-electron chi connectivity index (χ2n) is 17.0. The Bertz CT molecular complexity index is 2010. The molecule has 0 bridgehead atoms. The highest BCUT2D eigenvalue weighted by Gasteiger charge is 2.56. The fraction of sp³-hybridized carbons (Fsp3) is 0.296. The van der Waals surface area contributed by atoms with Gasteiger partial charge in [-0.05, 0) is 59.1 Å². The summed E-state index contributed by atoms with van der Waals surface area (Å²) in [6.45, 7) is 0. The number of aliphatic hydroxyl groups is 2. The molecule has 6 aromatic carbocycles. The number of hydrogen-bond donors (Lipinski definition) is 3. The second kappa shape index (κ2) is 19.5. The van der Waals surface area contributed by atoms with Crippen LogP contribution in [0.5, 0.6) is 0 Å². The summed E-state index contributed by atoms with van der Waals surface area (Å²) in [6.07, 6.45) is 4.20. The summed E-state index contributed by atoms with van der Waals surface area (Å²) in [6, 6.07) is 57.7. The van der Waals surface area contributed by atoms with Gasteiger partial charge >= 0.3 is 0 Å². The molecule has 0 aromatic heterocycles. The minimum absolute atomic E-state index is 0.210. The molecular weight excluding hydrogens is 741 g/mol. The topological polar surface area (TPSA) is 104 Å². The first-order valence-electron chi connectivity index (χ1n) is 21.5. The Morgan fingerprint density at radius 1 is 0.467 bits per heavy atom. The standard InChI is InChI=1S/C54H58N2O4/c55-50(57)52(34-20-7-21-35-52)51(58)56(48(36-42-22-8-1-9-23-42)53(59,38-44-26-12-3-13-27-44)39-45-28-14-4-15-29-45)49(37-43-24-10-2-11-25-43)54(60,40-46-30-16-5-17-31-46)41-47-32-18-6-19-33-47/h1-6,8-19,22-33,48-49,59-60H,7,20-21,34-41H2,(H2,55,57). The number of primary amides is 1. The molecule has 6 aromatic rings.